The zero-order valence-electron chi connectivity index (χ0n) is 9.42. The van der Waals surface area contributed by atoms with E-state index in [4.69, 9.17) is 0 Å². The Hall–Kier alpha value is -0.580. The van der Waals surface area contributed by atoms with Crippen molar-refractivity contribution in [2.75, 3.05) is 18.1 Å². The van der Waals surface area contributed by atoms with E-state index < -0.39 is 11.6 Å². The van der Waals surface area contributed by atoms with Gasteiger partial charge < -0.3 is 5.32 Å². The lowest BCUT2D eigenvalue weighted by Crippen LogP contribution is -2.17. The van der Waals surface area contributed by atoms with Crippen molar-refractivity contribution >= 4 is 24.2 Å². The van der Waals surface area contributed by atoms with Gasteiger partial charge in [-0.1, -0.05) is 12.1 Å². The SMILES string of the molecule is C=CCSCCNCc1ccc(F)cc1F.Cl. The molecule has 0 saturated heterocycles. The molecular weight excluding hydrogens is 264 g/mol. The lowest BCUT2D eigenvalue weighted by Gasteiger charge is -2.05. The van der Waals surface area contributed by atoms with Crippen LogP contribution in [0.4, 0.5) is 8.78 Å². The lowest BCUT2D eigenvalue weighted by atomic mass is 10.2. The molecule has 0 aromatic heterocycles. The number of hydrogen-bond donors (Lipinski definition) is 1. The highest BCUT2D eigenvalue weighted by atomic mass is 35.5. The molecule has 0 amide bonds. The molecule has 1 nitrogen and oxygen atoms in total. The van der Waals surface area contributed by atoms with Crippen LogP contribution in [0.3, 0.4) is 0 Å². The van der Waals surface area contributed by atoms with Gasteiger partial charge in [0.05, 0.1) is 0 Å². The van der Waals surface area contributed by atoms with Crippen LogP contribution < -0.4 is 5.32 Å². The average Bonchev–Trinajstić information content (AvgIpc) is 2.26. The summed E-state index contributed by atoms with van der Waals surface area (Å²) < 4.78 is 25.8. The molecule has 1 N–H and O–H groups in total. The minimum absolute atomic E-state index is 0. The molecule has 5 heteroatoms. The predicted octanol–water partition coefficient (Wildman–Crippen LogP) is 3.40. The molecule has 0 aliphatic carbocycles. The highest BCUT2D eigenvalue weighted by Crippen LogP contribution is 2.09. The van der Waals surface area contributed by atoms with Crippen molar-refractivity contribution in [1.82, 2.24) is 5.32 Å². The zero-order chi connectivity index (χ0) is 11.8. The fourth-order valence-corrected chi connectivity index (χ4v) is 1.82. The van der Waals surface area contributed by atoms with Crippen LogP contribution >= 0.6 is 24.2 Å². The molecule has 0 unspecified atom stereocenters. The summed E-state index contributed by atoms with van der Waals surface area (Å²) in [4.78, 5) is 0. The molecule has 0 bridgehead atoms. The average molecular weight is 280 g/mol. The van der Waals surface area contributed by atoms with Crippen LogP contribution in [-0.4, -0.2) is 18.1 Å². The molecular formula is C12H16ClF2NS. The molecule has 96 valence electrons. The lowest BCUT2D eigenvalue weighted by molar-refractivity contribution is 0.563. The van der Waals surface area contributed by atoms with Crippen LogP contribution in [0.25, 0.3) is 0 Å². The molecule has 0 radical (unpaired) electrons. The number of hydrogen-bond acceptors (Lipinski definition) is 2. The van der Waals surface area contributed by atoms with Gasteiger partial charge in [0.15, 0.2) is 0 Å². The Morgan fingerprint density at radius 1 is 1.35 bits per heavy atom. The highest BCUT2D eigenvalue weighted by molar-refractivity contribution is 7.99. The summed E-state index contributed by atoms with van der Waals surface area (Å²) >= 11 is 1.76. The third-order valence-electron chi connectivity index (χ3n) is 1.99. The monoisotopic (exact) mass is 279 g/mol. The van der Waals surface area contributed by atoms with Crippen LogP contribution in [0.15, 0.2) is 30.9 Å². The number of nitrogens with one attached hydrogen (secondary N) is 1. The zero-order valence-corrected chi connectivity index (χ0v) is 11.1. The summed E-state index contributed by atoms with van der Waals surface area (Å²) in [5, 5.41) is 3.10. The summed E-state index contributed by atoms with van der Waals surface area (Å²) in [6.07, 6.45) is 1.85. The molecule has 0 saturated carbocycles. The molecule has 0 atom stereocenters. The van der Waals surface area contributed by atoms with Crippen molar-refractivity contribution in [2.24, 2.45) is 0 Å². The van der Waals surface area contributed by atoms with Gasteiger partial charge in [0.25, 0.3) is 0 Å². The van der Waals surface area contributed by atoms with E-state index >= 15 is 0 Å². The molecule has 0 fully saturated rings. The maximum atomic E-state index is 13.2. The van der Waals surface area contributed by atoms with Gasteiger partial charge in [0, 0.05) is 36.2 Å². The third kappa shape index (κ3) is 6.66. The summed E-state index contributed by atoms with van der Waals surface area (Å²) in [6, 6.07) is 3.64. The number of benzene rings is 1. The normalized spacial score (nSPS) is 9.76. The third-order valence-corrected chi connectivity index (χ3v) is 2.95. The van der Waals surface area contributed by atoms with Gasteiger partial charge in [-0.3, -0.25) is 0 Å². The second kappa shape index (κ2) is 9.45. The van der Waals surface area contributed by atoms with Crippen LogP contribution in [0.1, 0.15) is 5.56 Å². The molecule has 0 aliphatic rings. The van der Waals surface area contributed by atoms with Gasteiger partial charge in [-0.25, -0.2) is 8.78 Å². The van der Waals surface area contributed by atoms with Crippen molar-refractivity contribution in [1.29, 1.82) is 0 Å². The van der Waals surface area contributed by atoms with Crippen molar-refractivity contribution in [3.63, 3.8) is 0 Å². The topological polar surface area (TPSA) is 12.0 Å². The van der Waals surface area contributed by atoms with E-state index in [0.717, 1.165) is 24.1 Å². The highest BCUT2D eigenvalue weighted by Gasteiger charge is 2.02. The van der Waals surface area contributed by atoms with Crippen LogP contribution in [0, 0.1) is 11.6 Å². The van der Waals surface area contributed by atoms with Crippen LogP contribution in [0.5, 0.6) is 0 Å². The van der Waals surface area contributed by atoms with Crippen LogP contribution in [0.2, 0.25) is 0 Å². The Kier molecular flexibility index (Phi) is 9.13. The number of halogens is 3. The molecule has 17 heavy (non-hydrogen) atoms. The van der Waals surface area contributed by atoms with E-state index in [-0.39, 0.29) is 12.4 Å². The van der Waals surface area contributed by atoms with Crippen LogP contribution in [-0.2, 0) is 6.54 Å². The van der Waals surface area contributed by atoms with E-state index in [0.29, 0.717) is 12.1 Å². The van der Waals surface area contributed by atoms with Gasteiger partial charge in [-0.05, 0) is 6.07 Å². The van der Waals surface area contributed by atoms with Crippen molar-refractivity contribution < 1.29 is 8.78 Å². The quantitative estimate of drug-likeness (QED) is 0.606. The Bertz CT molecular complexity index is 347. The van der Waals surface area contributed by atoms with Crippen molar-refractivity contribution in [3.05, 3.63) is 48.1 Å². The summed E-state index contributed by atoms with van der Waals surface area (Å²) in [6.45, 7) is 4.85. The molecule has 0 aliphatic heterocycles. The Balaban J connectivity index is 0.00000256. The minimum Gasteiger partial charge on any atom is -0.312 e. The summed E-state index contributed by atoms with van der Waals surface area (Å²) in [7, 11) is 0. The predicted molar refractivity (Wildman–Crippen MR) is 72.8 cm³/mol. The van der Waals surface area contributed by atoms with Gasteiger partial charge in [-0.2, -0.15) is 11.8 Å². The van der Waals surface area contributed by atoms with Crippen molar-refractivity contribution in [2.45, 2.75) is 6.54 Å². The molecule has 0 heterocycles. The first kappa shape index (κ1) is 16.4. The maximum absolute atomic E-state index is 13.2. The first-order valence-electron chi connectivity index (χ1n) is 5.07. The fraction of sp³-hybridized carbons (Fsp3) is 0.333. The summed E-state index contributed by atoms with van der Waals surface area (Å²) in [5.74, 6) is 0.843. The van der Waals surface area contributed by atoms with E-state index in [9.17, 15) is 8.78 Å². The molecule has 0 spiro atoms. The Labute approximate surface area is 111 Å². The second-order valence-electron chi connectivity index (χ2n) is 3.28. The Morgan fingerprint density at radius 3 is 2.76 bits per heavy atom. The minimum atomic E-state index is -0.539. The van der Waals surface area contributed by atoms with E-state index in [1.54, 1.807) is 11.8 Å². The molecule has 1 aromatic rings. The smallest absolute Gasteiger partial charge is 0.130 e. The fourth-order valence-electron chi connectivity index (χ4n) is 1.20. The van der Waals surface area contributed by atoms with E-state index in [2.05, 4.69) is 11.9 Å². The standard InChI is InChI=1S/C12H15F2NS.ClH/c1-2-6-16-7-5-15-9-10-3-4-11(13)8-12(10)14;/h2-4,8,15H,1,5-7,9H2;1H. The molecule has 1 aromatic carbocycles. The maximum Gasteiger partial charge on any atom is 0.130 e. The van der Waals surface area contributed by atoms with Gasteiger partial charge in [-0.15, -0.1) is 19.0 Å². The Morgan fingerprint density at radius 2 is 2.12 bits per heavy atom. The van der Waals surface area contributed by atoms with Gasteiger partial charge in [0.1, 0.15) is 11.6 Å². The first-order valence-corrected chi connectivity index (χ1v) is 6.23. The largest absolute Gasteiger partial charge is 0.312 e. The van der Waals surface area contributed by atoms with E-state index in [1.165, 1.54) is 12.1 Å². The number of thioether (sulfide) groups is 1. The van der Waals surface area contributed by atoms with Gasteiger partial charge in [0.2, 0.25) is 0 Å². The van der Waals surface area contributed by atoms with Gasteiger partial charge >= 0.3 is 0 Å². The second-order valence-corrected chi connectivity index (χ2v) is 4.43. The number of rotatable bonds is 7. The summed E-state index contributed by atoms with van der Waals surface area (Å²) in [5.41, 5.74) is 0.495. The first-order chi connectivity index (χ1) is 7.74. The van der Waals surface area contributed by atoms with Crippen molar-refractivity contribution in [3.8, 4) is 0 Å². The molecule has 1 rings (SSSR count). The van der Waals surface area contributed by atoms with E-state index in [1.807, 2.05) is 6.08 Å².